The van der Waals surface area contributed by atoms with Crippen LogP contribution in [0.1, 0.15) is 130 Å². The summed E-state index contributed by atoms with van der Waals surface area (Å²) in [5.41, 5.74) is 1.62. The van der Waals surface area contributed by atoms with Gasteiger partial charge >= 0.3 is 0 Å². The van der Waals surface area contributed by atoms with Crippen molar-refractivity contribution >= 4 is 46.4 Å². The first-order chi connectivity index (χ1) is 18.3. The van der Waals surface area contributed by atoms with Crippen LogP contribution in [-0.2, 0) is 19.2 Å². The molecular weight excluding hydrogens is 480 g/mol. The lowest BCUT2D eigenvalue weighted by Gasteiger charge is -2.19. The molecule has 1 aromatic carbocycles. The summed E-state index contributed by atoms with van der Waals surface area (Å²) in [4.78, 5) is 50.7. The zero-order valence-electron chi connectivity index (χ0n) is 24.1. The molecule has 0 atom stereocenters. The van der Waals surface area contributed by atoms with Crippen LogP contribution in [0, 0.1) is 0 Å². The van der Waals surface area contributed by atoms with Crippen molar-refractivity contribution in [1.82, 2.24) is 0 Å². The lowest BCUT2D eigenvalue weighted by atomic mass is 10.1. The van der Waals surface area contributed by atoms with E-state index < -0.39 is 0 Å². The van der Waals surface area contributed by atoms with E-state index in [4.69, 9.17) is 0 Å². The molecule has 4 N–H and O–H groups in total. The summed E-state index contributed by atoms with van der Waals surface area (Å²) in [6, 6.07) is 3.28. The molecule has 0 heterocycles. The Labute approximate surface area is 229 Å². The molecule has 0 radical (unpaired) electrons. The van der Waals surface area contributed by atoms with Crippen molar-refractivity contribution in [2.24, 2.45) is 0 Å². The molecule has 0 saturated heterocycles. The predicted molar refractivity (Wildman–Crippen MR) is 158 cm³/mol. The Kier molecular flexibility index (Phi) is 17.5. The SMILES string of the molecule is CCCCCC(=O)Nc1cc(NC(=O)CCCCC)c(NC(=O)CCCCC)cc1NC(=O)CCCCC. The van der Waals surface area contributed by atoms with Crippen LogP contribution >= 0.6 is 0 Å². The summed E-state index contributed by atoms with van der Waals surface area (Å²) >= 11 is 0. The smallest absolute Gasteiger partial charge is 0.224 e. The topological polar surface area (TPSA) is 116 Å². The number of hydrogen-bond donors (Lipinski definition) is 4. The number of anilines is 4. The maximum Gasteiger partial charge on any atom is 0.224 e. The molecule has 0 fully saturated rings. The number of hydrogen-bond acceptors (Lipinski definition) is 4. The summed E-state index contributed by atoms with van der Waals surface area (Å²) in [5.74, 6) is -0.624. The molecule has 0 saturated carbocycles. The second-order valence-corrected chi connectivity index (χ2v) is 9.96. The van der Waals surface area contributed by atoms with Crippen LogP contribution < -0.4 is 21.3 Å². The van der Waals surface area contributed by atoms with E-state index in [0.717, 1.165) is 77.0 Å². The summed E-state index contributed by atoms with van der Waals surface area (Å²) < 4.78 is 0. The summed E-state index contributed by atoms with van der Waals surface area (Å²) in [6.45, 7) is 8.31. The maximum atomic E-state index is 12.7. The summed E-state index contributed by atoms with van der Waals surface area (Å²) in [5, 5.41) is 11.7. The van der Waals surface area contributed by atoms with Crippen LogP contribution in [0.5, 0.6) is 0 Å². The second kappa shape index (κ2) is 20.1. The normalized spacial score (nSPS) is 10.6. The molecule has 214 valence electrons. The van der Waals surface area contributed by atoms with Crippen LogP contribution in [0.4, 0.5) is 22.7 Å². The van der Waals surface area contributed by atoms with E-state index in [2.05, 4.69) is 49.0 Å². The van der Waals surface area contributed by atoms with Gasteiger partial charge in [0.2, 0.25) is 23.6 Å². The number of carbonyl (C=O) groups excluding carboxylic acids is 4. The van der Waals surface area contributed by atoms with Gasteiger partial charge in [-0.05, 0) is 37.8 Å². The van der Waals surface area contributed by atoms with Gasteiger partial charge in [-0.15, -0.1) is 0 Å². The minimum atomic E-state index is -0.156. The molecule has 0 bridgehead atoms. The molecule has 0 spiro atoms. The lowest BCUT2D eigenvalue weighted by Crippen LogP contribution is -2.20. The second-order valence-electron chi connectivity index (χ2n) is 9.96. The van der Waals surface area contributed by atoms with Crippen LogP contribution in [0.25, 0.3) is 0 Å². The Morgan fingerprint density at radius 1 is 0.421 bits per heavy atom. The van der Waals surface area contributed by atoms with Crippen LogP contribution in [0.15, 0.2) is 12.1 Å². The molecule has 8 heteroatoms. The summed E-state index contributed by atoms with van der Waals surface area (Å²) in [7, 11) is 0. The molecule has 4 amide bonds. The van der Waals surface area contributed by atoms with Gasteiger partial charge < -0.3 is 21.3 Å². The first-order valence-corrected chi connectivity index (χ1v) is 14.7. The van der Waals surface area contributed by atoms with E-state index in [-0.39, 0.29) is 23.6 Å². The summed E-state index contributed by atoms with van der Waals surface area (Å²) in [6.07, 6.45) is 12.4. The Morgan fingerprint density at radius 3 is 0.816 bits per heavy atom. The number of nitrogens with one attached hydrogen (secondary N) is 4. The molecule has 0 unspecified atom stereocenters. The Bertz CT molecular complexity index is 747. The molecule has 0 aliphatic carbocycles. The van der Waals surface area contributed by atoms with Crippen molar-refractivity contribution < 1.29 is 19.2 Å². The Hall–Kier alpha value is -2.90. The van der Waals surface area contributed by atoms with E-state index in [1.807, 2.05) is 0 Å². The van der Waals surface area contributed by atoms with Crippen molar-refractivity contribution in [3.63, 3.8) is 0 Å². The van der Waals surface area contributed by atoms with E-state index in [9.17, 15) is 19.2 Å². The standard InChI is InChI=1S/C30H50N4O4/c1-5-9-13-17-27(35)31-23-21-25(33-29(37)19-15-11-7-3)26(34-30(38)20-16-12-8-4)22-24(23)32-28(36)18-14-10-6-2/h21-22H,5-20H2,1-4H3,(H,31,35)(H,32,36)(H,33,37)(H,34,38). The van der Waals surface area contributed by atoms with Gasteiger partial charge in [0.05, 0.1) is 22.7 Å². The highest BCUT2D eigenvalue weighted by Gasteiger charge is 2.17. The molecule has 1 aromatic rings. The van der Waals surface area contributed by atoms with Crippen molar-refractivity contribution in [3.05, 3.63) is 12.1 Å². The number of amides is 4. The van der Waals surface area contributed by atoms with E-state index >= 15 is 0 Å². The lowest BCUT2D eigenvalue weighted by molar-refractivity contribution is -0.117. The van der Waals surface area contributed by atoms with Crippen LogP contribution in [-0.4, -0.2) is 23.6 Å². The molecule has 38 heavy (non-hydrogen) atoms. The number of benzene rings is 1. The van der Waals surface area contributed by atoms with Crippen molar-refractivity contribution in [3.8, 4) is 0 Å². The minimum Gasteiger partial charge on any atom is -0.324 e. The molecule has 0 aromatic heterocycles. The van der Waals surface area contributed by atoms with Crippen LogP contribution in [0.3, 0.4) is 0 Å². The van der Waals surface area contributed by atoms with Gasteiger partial charge in [0.25, 0.3) is 0 Å². The fourth-order valence-electron chi connectivity index (χ4n) is 4.01. The van der Waals surface area contributed by atoms with Gasteiger partial charge in [0.1, 0.15) is 0 Å². The zero-order valence-corrected chi connectivity index (χ0v) is 24.1. The third kappa shape index (κ3) is 14.1. The molecule has 0 aliphatic rings. The van der Waals surface area contributed by atoms with Crippen molar-refractivity contribution in [2.75, 3.05) is 21.3 Å². The number of unbranched alkanes of at least 4 members (excludes halogenated alkanes) is 8. The molecule has 8 nitrogen and oxygen atoms in total. The minimum absolute atomic E-state index is 0.156. The maximum absolute atomic E-state index is 12.7. The first kappa shape index (κ1) is 33.1. The van der Waals surface area contributed by atoms with Crippen molar-refractivity contribution in [1.29, 1.82) is 0 Å². The van der Waals surface area contributed by atoms with Gasteiger partial charge in [-0.1, -0.05) is 79.1 Å². The monoisotopic (exact) mass is 530 g/mol. The van der Waals surface area contributed by atoms with Gasteiger partial charge in [-0.3, -0.25) is 19.2 Å². The van der Waals surface area contributed by atoms with Gasteiger partial charge in [0, 0.05) is 25.7 Å². The van der Waals surface area contributed by atoms with Crippen molar-refractivity contribution in [2.45, 2.75) is 130 Å². The number of carbonyl (C=O) groups is 4. The largest absolute Gasteiger partial charge is 0.324 e. The quantitative estimate of drug-likeness (QED) is 0.129. The van der Waals surface area contributed by atoms with Gasteiger partial charge in [0.15, 0.2) is 0 Å². The average molecular weight is 531 g/mol. The highest BCUT2D eigenvalue weighted by molar-refractivity contribution is 6.06. The Balaban J connectivity index is 3.29. The fourth-order valence-corrected chi connectivity index (χ4v) is 4.01. The molecule has 1 rings (SSSR count). The number of rotatable bonds is 20. The highest BCUT2D eigenvalue weighted by atomic mass is 16.2. The third-order valence-electron chi connectivity index (χ3n) is 6.28. The highest BCUT2D eigenvalue weighted by Crippen LogP contribution is 2.34. The van der Waals surface area contributed by atoms with E-state index in [1.165, 1.54) is 0 Å². The van der Waals surface area contributed by atoms with E-state index in [1.54, 1.807) is 12.1 Å². The third-order valence-corrected chi connectivity index (χ3v) is 6.28. The predicted octanol–water partition coefficient (Wildman–Crippen LogP) is 7.76. The average Bonchev–Trinajstić information content (AvgIpc) is 2.87. The first-order valence-electron chi connectivity index (χ1n) is 14.7. The Morgan fingerprint density at radius 2 is 0.632 bits per heavy atom. The molecular formula is C30H50N4O4. The van der Waals surface area contributed by atoms with Gasteiger partial charge in [-0.25, -0.2) is 0 Å². The van der Waals surface area contributed by atoms with E-state index in [0.29, 0.717) is 48.4 Å². The zero-order chi connectivity index (χ0) is 28.2. The fraction of sp³-hybridized carbons (Fsp3) is 0.667. The molecule has 0 aliphatic heterocycles. The van der Waals surface area contributed by atoms with Crippen LogP contribution in [0.2, 0.25) is 0 Å². The van der Waals surface area contributed by atoms with Gasteiger partial charge in [-0.2, -0.15) is 0 Å².